The molecule has 0 radical (unpaired) electrons. The third kappa shape index (κ3) is 2.73. The first-order valence-electron chi connectivity index (χ1n) is 7.64. The Morgan fingerprint density at radius 3 is 2.82 bits per heavy atom. The quantitative estimate of drug-likeness (QED) is 0.884. The predicted molar refractivity (Wildman–Crippen MR) is 90.3 cm³/mol. The second-order valence-electron chi connectivity index (χ2n) is 6.21. The summed E-state index contributed by atoms with van der Waals surface area (Å²) in [7, 11) is 0. The van der Waals surface area contributed by atoms with Crippen molar-refractivity contribution in [2.75, 3.05) is 0 Å². The molecule has 1 heterocycles. The van der Waals surface area contributed by atoms with E-state index in [1.165, 1.54) is 5.70 Å². The van der Waals surface area contributed by atoms with Crippen LogP contribution in [0.3, 0.4) is 0 Å². The van der Waals surface area contributed by atoms with Crippen molar-refractivity contribution >= 4 is 17.5 Å². The van der Waals surface area contributed by atoms with Gasteiger partial charge in [-0.15, -0.1) is 11.8 Å². The van der Waals surface area contributed by atoms with Crippen molar-refractivity contribution in [1.82, 2.24) is 5.32 Å². The Morgan fingerprint density at radius 1 is 1.32 bits per heavy atom. The van der Waals surface area contributed by atoms with Gasteiger partial charge in [-0.25, -0.2) is 0 Å². The molecule has 2 unspecified atom stereocenters. The van der Waals surface area contributed by atoms with Gasteiger partial charge >= 0.3 is 0 Å². The second kappa shape index (κ2) is 5.94. The van der Waals surface area contributed by atoms with Crippen LogP contribution in [0.5, 0.6) is 0 Å². The molecule has 0 saturated carbocycles. The molecule has 1 aromatic rings. The van der Waals surface area contributed by atoms with E-state index in [1.807, 2.05) is 31.2 Å². The van der Waals surface area contributed by atoms with Crippen LogP contribution in [0.4, 0.5) is 0 Å². The fraction of sp³-hybridized carbons (Fsp3) is 0.389. The first-order chi connectivity index (χ1) is 10.5. The molecule has 22 heavy (non-hydrogen) atoms. The zero-order chi connectivity index (χ0) is 15.7. The number of nitrogens with one attached hydrogen (secondary N) is 1. The molecule has 0 spiro atoms. The summed E-state index contributed by atoms with van der Waals surface area (Å²) in [6, 6.07) is 7.43. The molecule has 0 saturated heterocycles. The summed E-state index contributed by atoms with van der Waals surface area (Å²) in [4.78, 5) is 12.5. The second-order valence-corrected chi connectivity index (χ2v) is 6.95. The van der Waals surface area contributed by atoms with Gasteiger partial charge in [0, 0.05) is 17.0 Å². The minimum absolute atomic E-state index is 0.0802. The van der Waals surface area contributed by atoms with Crippen molar-refractivity contribution in [2.24, 2.45) is 5.92 Å². The van der Waals surface area contributed by atoms with Gasteiger partial charge in [0.2, 0.25) is 0 Å². The third-order valence-electron chi connectivity index (χ3n) is 4.48. The lowest BCUT2D eigenvalue weighted by atomic mass is 9.85. The van der Waals surface area contributed by atoms with Crippen LogP contribution in [0.1, 0.15) is 49.0 Å². The lowest BCUT2D eigenvalue weighted by molar-refractivity contribution is 0.00737. The molecule has 1 aliphatic heterocycles. The number of ketones is 1. The van der Waals surface area contributed by atoms with Crippen molar-refractivity contribution in [3.05, 3.63) is 57.6 Å². The van der Waals surface area contributed by atoms with Crippen molar-refractivity contribution in [3.8, 4) is 0 Å². The summed E-state index contributed by atoms with van der Waals surface area (Å²) < 4.78 is 0. The molecule has 0 amide bonds. The Kier molecular flexibility index (Phi) is 4.15. The Morgan fingerprint density at radius 2 is 2.09 bits per heavy atom. The zero-order valence-electron chi connectivity index (χ0n) is 12.9. The first-order valence-corrected chi connectivity index (χ1v) is 8.59. The highest BCUT2D eigenvalue weighted by Gasteiger charge is 2.46. The smallest absolute Gasteiger partial charge is 0.169 e. The normalized spacial score (nSPS) is 27.0. The highest BCUT2D eigenvalue weighted by atomic mass is 32.2. The number of rotatable bonds is 4. The predicted octanol–water partition coefficient (Wildman–Crippen LogP) is 3.92. The number of thioether (sulfide) groups is 1. The first kappa shape index (κ1) is 15.4. The molecule has 1 aliphatic carbocycles. The molecule has 0 aromatic heterocycles. The number of fused-ring (bicyclic) bond motifs is 1. The number of benzene rings is 1. The van der Waals surface area contributed by atoms with E-state index in [2.05, 4.69) is 16.1 Å². The standard InChI is InChI=1S/C18H21NO2S/c1-12-10-22-11-13(19-12)6-5-9-16-17(20)14-7-3-4-8-15(14)18(16,2)21/h3-4,7-8,10-11,16,19,21H,5-6,9H2,1-2H3. The van der Waals surface area contributed by atoms with Gasteiger partial charge in [0.05, 0.1) is 11.5 Å². The maximum atomic E-state index is 12.5. The van der Waals surface area contributed by atoms with Gasteiger partial charge in [0.1, 0.15) is 0 Å². The molecule has 3 rings (SSSR count). The molecular weight excluding hydrogens is 294 g/mol. The highest BCUT2D eigenvalue weighted by Crippen LogP contribution is 2.43. The summed E-state index contributed by atoms with van der Waals surface area (Å²) in [6.07, 6.45) is 2.48. The molecular formula is C18H21NO2S. The van der Waals surface area contributed by atoms with E-state index in [-0.39, 0.29) is 11.7 Å². The molecule has 4 heteroatoms. The van der Waals surface area contributed by atoms with Crippen LogP contribution in [0.2, 0.25) is 0 Å². The van der Waals surface area contributed by atoms with Gasteiger partial charge in [0.15, 0.2) is 5.78 Å². The SMILES string of the molecule is CC1=CSC=C(CCCC2C(=O)c3ccccc3C2(C)O)N1. The maximum Gasteiger partial charge on any atom is 0.169 e. The lowest BCUT2D eigenvalue weighted by Crippen LogP contribution is -2.30. The summed E-state index contributed by atoms with van der Waals surface area (Å²) in [5, 5.41) is 18.3. The van der Waals surface area contributed by atoms with Crippen LogP contribution in [-0.4, -0.2) is 10.9 Å². The van der Waals surface area contributed by atoms with E-state index in [9.17, 15) is 9.90 Å². The number of Topliss-reactive ketones (excluding diaryl/α,β-unsaturated/α-hetero) is 1. The van der Waals surface area contributed by atoms with Crippen LogP contribution >= 0.6 is 11.8 Å². The van der Waals surface area contributed by atoms with E-state index < -0.39 is 5.60 Å². The van der Waals surface area contributed by atoms with Gasteiger partial charge < -0.3 is 10.4 Å². The minimum atomic E-state index is -1.05. The number of carbonyl (C=O) groups excluding carboxylic acids is 1. The molecule has 0 fully saturated rings. The molecule has 0 bridgehead atoms. The number of aliphatic hydroxyl groups is 1. The Labute approximate surface area is 135 Å². The molecule has 2 atom stereocenters. The van der Waals surface area contributed by atoms with Gasteiger partial charge in [-0.1, -0.05) is 24.3 Å². The Bertz CT molecular complexity index is 661. The van der Waals surface area contributed by atoms with Crippen molar-refractivity contribution in [3.63, 3.8) is 0 Å². The van der Waals surface area contributed by atoms with Crippen LogP contribution < -0.4 is 5.32 Å². The maximum absolute atomic E-state index is 12.5. The summed E-state index contributed by atoms with van der Waals surface area (Å²) >= 11 is 1.68. The highest BCUT2D eigenvalue weighted by molar-refractivity contribution is 8.05. The summed E-state index contributed by atoms with van der Waals surface area (Å²) in [6.45, 7) is 3.81. The van der Waals surface area contributed by atoms with Gasteiger partial charge in [-0.3, -0.25) is 4.79 Å². The molecule has 116 valence electrons. The minimum Gasteiger partial charge on any atom is -0.385 e. The fourth-order valence-corrected chi connectivity index (χ4v) is 4.00. The number of carbonyl (C=O) groups is 1. The average molecular weight is 315 g/mol. The van der Waals surface area contributed by atoms with Crippen LogP contribution in [0.25, 0.3) is 0 Å². The summed E-state index contributed by atoms with van der Waals surface area (Å²) in [5.41, 5.74) is 2.75. The average Bonchev–Trinajstić information content (AvgIpc) is 2.69. The van der Waals surface area contributed by atoms with E-state index in [4.69, 9.17) is 0 Å². The van der Waals surface area contributed by atoms with Crippen molar-refractivity contribution in [2.45, 2.75) is 38.7 Å². The zero-order valence-corrected chi connectivity index (χ0v) is 13.7. The van der Waals surface area contributed by atoms with E-state index >= 15 is 0 Å². The Balaban J connectivity index is 1.64. The summed E-state index contributed by atoms with van der Waals surface area (Å²) in [5.74, 6) is -0.255. The van der Waals surface area contributed by atoms with Gasteiger partial charge in [-0.2, -0.15) is 0 Å². The molecule has 2 aliphatic rings. The van der Waals surface area contributed by atoms with E-state index in [0.717, 1.165) is 24.1 Å². The van der Waals surface area contributed by atoms with E-state index in [1.54, 1.807) is 18.7 Å². The van der Waals surface area contributed by atoms with Gasteiger partial charge in [-0.05, 0) is 49.5 Å². The Hall–Kier alpha value is -1.52. The van der Waals surface area contributed by atoms with Crippen LogP contribution in [-0.2, 0) is 5.60 Å². The van der Waals surface area contributed by atoms with Crippen LogP contribution in [0, 0.1) is 5.92 Å². The fourth-order valence-electron chi connectivity index (χ4n) is 3.33. The number of hydrogen-bond donors (Lipinski definition) is 2. The molecule has 1 aromatic carbocycles. The molecule has 3 nitrogen and oxygen atoms in total. The van der Waals surface area contributed by atoms with E-state index in [0.29, 0.717) is 12.0 Å². The van der Waals surface area contributed by atoms with Crippen molar-refractivity contribution < 1.29 is 9.90 Å². The van der Waals surface area contributed by atoms with Crippen LogP contribution in [0.15, 0.2) is 46.5 Å². The van der Waals surface area contributed by atoms with Crippen molar-refractivity contribution in [1.29, 1.82) is 0 Å². The largest absolute Gasteiger partial charge is 0.385 e. The topological polar surface area (TPSA) is 49.3 Å². The third-order valence-corrected chi connectivity index (χ3v) is 5.39. The monoisotopic (exact) mass is 315 g/mol. The van der Waals surface area contributed by atoms with Gasteiger partial charge in [0.25, 0.3) is 0 Å². The number of allylic oxidation sites excluding steroid dienone is 2. The molecule has 2 N–H and O–H groups in total. The number of hydrogen-bond acceptors (Lipinski definition) is 4. The lowest BCUT2D eigenvalue weighted by Gasteiger charge is -2.25.